The molecule has 1 aliphatic rings. The fourth-order valence-electron chi connectivity index (χ4n) is 3.66. The molecule has 1 unspecified atom stereocenters. The Bertz CT molecular complexity index is 1100. The van der Waals surface area contributed by atoms with Crippen molar-refractivity contribution in [2.45, 2.75) is 44.0 Å². The van der Waals surface area contributed by atoms with Crippen LogP contribution in [0, 0.1) is 28.0 Å². The van der Waals surface area contributed by atoms with Crippen LogP contribution in [0.2, 0.25) is 0 Å². The van der Waals surface area contributed by atoms with Gasteiger partial charge >= 0.3 is 0 Å². The van der Waals surface area contributed by atoms with E-state index in [1.165, 1.54) is 16.8 Å². The number of carbonyl (C=O) groups excluding carboxylic acids is 1. The minimum absolute atomic E-state index is 0.0823. The van der Waals surface area contributed by atoms with Crippen molar-refractivity contribution in [3.63, 3.8) is 0 Å². The van der Waals surface area contributed by atoms with Gasteiger partial charge in [-0.2, -0.15) is 9.65 Å². The number of hydrogen-bond donors (Lipinski definition) is 3. The van der Waals surface area contributed by atoms with Gasteiger partial charge in [-0.05, 0) is 31.2 Å². The Morgan fingerprint density at radius 2 is 2.28 bits per heavy atom. The van der Waals surface area contributed by atoms with E-state index in [4.69, 9.17) is 10.0 Å². The average Bonchev–Trinajstić information content (AvgIpc) is 2.90. The summed E-state index contributed by atoms with van der Waals surface area (Å²) in [6.45, 7) is 4.13. The van der Waals surface area contributed by atoms with Gasteiger partial charge in [-0.3, -0.25) is 4.79 Å². The maximum atomic E-state index is 13.6. The highest BCUT2D eigenvalue weighted by molar-refractivity contribution is 7.90. The normalized spacial score (nSPS) is 21.3. The van der Waals surface area contributed by atoms with Gasteiger partial charge in [0.15, 0.2) is 0 Å². The summed E-state index contributed by atoms with van der Waals surface area (Å²) in [5, 5.41) is 11.5. The molecule has 0 fully saturated rings. The average molecular weight is 418 g/mol. The molecule has 0 bridgehead atoms. The van der Waals surface area contributed by atoms with E-state index in [-0.39, 0.29) is 23.1 Å². The number of nitriles is 1. The van der Waals surface area contributed by atoms with Crippen molar-refractivity contribution in [3.8, 4) is 6.07 Å². The number of anilines is 1. The molecule has 0 saturated carbocycles. The number of halogens is 1. The molecule has 10 heteroatoms. The number of nitrogens with one attached hydrogen (secondary N) is 3. The summed E-state index contributed by atoms with van der Waals surface area (Å²) in [6.07, 6.45) is 3.46. The Morgan fingerprint density at radius 1 is 1.55 bits per heavy atom. The van der Waals surface area contributed by atoms with Gasteiger partial charge < -0.3 is 9.88 Å². The SMILES string of the molecule is CC(C)C[C@H]1CCc2c(cn(C)c2C(=O)Nc2cc(F)nc(C#N)c2)S(=N)(=O)N1. The second-order valence-corrected chi connectivity index (χ2v) is 9.39. The summed E-state index contributed by atoms with van der Waals surface area (Å²) in [5.41, 5.74) is 0.771. The lowest BCUT2D eigenvalue weighted by molar-refractivity contribution is 0.101. The third-order valence-corrected chi connectivity index (χ3v) is 6.41. The van der Waals surface area contributed by atoms with Crippen LogP contribution in [0.5, 0.6) is 0 Å². The molecule has 154 valence electrons. The van der Waals surface area contributed by atoms with Crippen molar-refractivity contribution >= 4 is 21.5 Å². The first kappa shape index (κ1) is 21.0. The number of aryl methyl sites for hydroxylation is 1. The van der Waals surface area contributed by atoms with Crippen LogP contribution in [0.15, 0.2) is 23.2 Å². The van der Waals surface area contributed by atoms with Crippen molar-refractivity contribution in [2.75, 3.05) is 5.32 Å². The molecular formula is C19H23FN6O2S. The van der Waals surface area contributed by atoms with Gasteiger partial charge in [-0.1, -0.05) is 13.8 Å². The molecule has 3 heterocycles. The molecule has 0 radical (unpaired) electrons. The van der Waals surface area contributed by atoms with E-state index in [1.807, 2.05) is 0 Å². The van der Waals surface area contributed by atoms with Crippen LogP contribution in [-0.4, -0.2) is 25.7 Å². The van der Waals surface area contributed by atoms with E-state index in [9.17, 15) is 13.4 Å². The minimum Gasteiger partial charge on any atom is -0.345 e. The number of hydrogen-bond acceptors (Lipinski definition) is 5. The van der Waals surface area contributed by atoms with E-state index >= 15 is 0 Å². The van der Waals surface area contributed by atoms with Crippen LogP contribution >= 0.6 is 0 Å². The molecule has 2 atom stereocenters. The number of nitrogens with zero attached hydrogens (tertiary/aromatic N) is 3. The monoisotopic (exact) mass is 418 g/mol. The molecule has 0 spiro atoms. The number of carbonyl (C=O) groups is 1. The molecule has 0 aromatic carbocycles. The number of fused-ring (bicyclic) bond motifs is 1. The van der Waals surface area contributed by atoms with Crippen LogP contribution < -0.4 is 10.0 Å². The zero-order chi connectivity index (χ0) is 21.3. The van der Waals surface area contributed by atoms with Crippen molar-refractivity contribution < 1.29 is 13.4 Å². The van der Waals surface area contributed by atoms with Crippen molar-refractivity contribution in [2.24, 2.45) is 13.0 Å². The van der Waals surface area contributed by atoms with E-state index in [2.05, 4.69) is 28.9 Å². The van der Waals surface area contributed by atoms with E-state index < -0.39 is 21.8 Å². The minimum atomic E-state index is -3.26. The molecular weight excluding hydrogens is 395 g/mol. The lowest BCUT2D eigenvalue weighted by atomic mass is 9.98. The molecule has 0 saturated heterocycles. The maximum absolute atomic E-state index is 13.6. The molecule has 8 nitrogen and oxygen atoms in total. The Hall–Kier alpha value is -2.77. The number of pyridine rings is 1. The molecule has 2 aromatic rings. The van der Waals surface area contributed by atoms with Gasteiger partial charge in [-0.15, -0.1) is 0 Å². The first-order valence-electron chi connectivity index (χ1n) is 9.24. The molecule has 1 aliphatic heterocycles. The molecule has 1 amide bonds. The first-order valence-corrected chi connectivity index (χ1v) is 10.8. The number of aromatic nitrogens is 2. The van der Waals surface area contributed by atoms with Crippen molar-refractivity contribution in [1.29, 1.82) is 10.0 Å². The van der Waals surface area contributed by atoms with Gasteiger partial charge in [-0.25, -0.2) is 18.7 Å². The highest BCUT2D eigenvalue weighted by Gasteiger charge is 2.31. The molecule has 0 aliphatic carbocycles. The van der Waals surface area contributed by atoms with Gasteiger partial charge in [0.1, 0.15) is 27.4 Å². The number of rotatable bonds is 4. The number of amides is 1. The summed E-state index contributed by atoms with van der Waals surface area (Å²) in [6, 6.07) is 3.95. The Labute approximate surface area is 169 Å². The van der Waals surface area contributed by atoms with E-state index in [0.717, 1.165) is 12.5 Å². The summed E-state index contributed by atoms with van der Waals surface area (Å²) < 4.78 is 39.4. The standard InChI is InChI=1S/C19H23FN6O2S/c1-11(2)6-12-4-5-15-16(29(22,28)25-12)10-26(3)18(15)19(27)24-13-7-14(9-21)23-17(20)8-13/h7-8,10-12H,4-6H2,1-3H3,(H2,22,25,28)(H,23,24,27)/t12-,29?/m1/s1. The largest absolute Gasteiger partial charge is 0.345 e. The Balaban J connectivity index is 1.95. The van der Waals surface area contributed by atoms with Gasteiger partial charge in [0.25, 0.3) is 5.91 Å². The lowest BCUT2D eigenvalue weighted by Crippen LogP contribution is -2.33. The quantitative estimate of drug-likeness (QED) is 0.660. The highest BCUT2D eigenvalue weighted by Crippen LogP contribution is 2.29. The van der Waals surface area contributed by atoms with E-state index in [1.54, 1.807) is 13.1 Å². The van der Waals surface area contributed by atoms with Crippen LogP contribution in [0.25, 0.3) is 0 Å². The van der Waals surface area contributed by atoms with Gasteiger partial charge in [0.2, 0.25) is 5.95 Å². The highest BCUT2D eigenvalue weighted by atomic mass is 32.2. The van der Waals surface area contributed by atoms with Gasteiger partial charge in [0, 0.05) is 36.6 Å². The van der Waals surface area contributed by atoms with Crippen LogP contribution in [-0.2, 0) is 23.4 Å². The molecule has 3 N–H and O–H groups in total. The Kier molecular flexibility index (Phi) is 5.73. The van der Waals surface area contributed by atoms with Crippen LogP contribution in [0.3, 0.4) is 0 Å². The second kappa shape index (κ2) is 7.93. The summed E-state index contributed by atoms with van der Waals surface area (Å²) in [4.78, 5) is 16.6. The van der Waals surface area contributed by atoms with E-state index in [0.29, 0.717) is 29.2 Å². The van der Waals surface area contributed by atoms with Crippen LogP contribution in [0.1, 0.15) is 48.4 Å². The topological polar surface area (TPSA) is 124 Å². The first-order chi connectivity index (χ1) is 13.6. The smallest absolute Gasteiger partial charge is 0.272 e. The van der Waals surface area contributed by atoms with Crippen molar-refractivity contribution in [1.82, 2.24) is 14.3 Å². The summed E-state index contributed by atoms with van der Waals surface area (Å²) in [7, 11) is -1.63. The van der Waals surface area contributed by atoms with Gasteiger partial charge in [0.05, 0.1) is 4.90 Å². The predicted molar refractivity (Wildman–Crippen MR) is 106 cm³/mol. The molecule has 29 heavy (non-hydrogen) atoms. The third-order valence-electron chi connectivity index (χ3n) is 4.77. The maximum Gasteiger partial charge on any atom is 0.272 e. The zero-order valence-corrected chi connectivity index (χ0v) is 17.3. The zero-order valence-electron chi connectivity index (χ0n) is 16.5. The predicted octanol–water partition coefficient (Wildman–Crippen LogP) is 2.95. The lowest BCUT2D eigenvalue weighted by Gasteiger charge is -2.19. The second-order valence-electron chi connectivity index (χ2n) is 7.60. The Morgan fingerprint density at radius 3 is 2.93 bits per heavy atom. The summed E-state index contributed by atoms with van der Waals surface area (Å²) >= 11 is 0. The molecule has 3 rings (SSSR count). The fraction of sp³-hybridized carbons (Fsp3) is 0.421. The third kappa shape index (κ3) is 4.46. The fourth-order valence-corrected chi connectivity index (χ4v) is 5.32. The van der Waals surface area contributed by atoms with Crippen molar-refractivity contribution in [3.05, 3.63) is 41.2 Å². The van der Waals surface area contributed by atoms with Crippen LogP contribution in [0.4, 0.5) is 10.1 Å². The summed E-state index contributed by atoms with van der Waals surface area (Å²) in [5.74, 6) is -1.02. The molecule has 2 aromatic heterocycles.